The molecular weight excluding hydrogens is 497 g/mol. The molecule has 1 aromatic carbocycles. The average Bonchev–Trinajstić information content (AvgIpc) is 2.90. The van der Waals surface area contributed by atoms with Crippen molar-refractivity contribution >= 4 is 24.8 Å². The van der Waals surface area contributed by atoms with Crippen LogP contribution in [0.25, 0.3) is 0 Å². The number of allylic oxidation sites excluding steroid dienone is 1. The summed E-state index contributed by atoms with van der Waals surface area (Å²) in [7, 11) is -1.81. The molecule has 39 heavy (non-hydrogen) atoms. The average molecular weight is 533 g/mol. The van der Waals surface area contributed by atoms with Gasteiger partial charge in [0.25, 0.3) is 11.8 Å². The number of hydrogen-bond donors (Lipinski definition) is 5. The summed E-state index contributed by atoms with van der Waals surface area (Å²) in [5.74, 6) is -2.43. The van der Waals surface area contributed by atoms with Crippen LogP contribution in [-0.4, -0.2) is 58.4 Å². The highest BCUT2D eigenvalue weighted by molar-refractivity contribution is 6.43. The van der Waals surface area contributed by atoms with Gasteiger partial charge in [-0.15, -0.1) is 0 Å². The van der Waals surface area contributed by atoms with E-state index >= 15 is 0 Å². The summed E-state index contributed by atoms with van der Waals surface area (Å²) in [5.41, 5.74) is 1.88. The van der Waals surface area contributed by atoms with Crippen molar-refractivity contribution in [3.05, 3.63) is 77.1 Å². The van der Waals surface area contributed by atoms with Crippen LogP contribution in [0.15, 0.2) is 60.4 Å². The third-order valence-corrected chi connectivity index (χ3v) is 5.96. The van der Waals surface area contributed by atoms with E-state index in [0.29, 0.717) is 24.0 Å². The fourth-order valence-corrected chi connectivity index (χ4v) is 3.86. The Morgan fingerprint density at radius 2 is 1.82 bits per heavy atom. The zero-order valence-corrected chi connectivity index (χ0v) is 22.6. The van der Waals surface area contributed by atoms with Gasteiger partial charge in [0.1, 0.15) is 17.7 Å². The van der Waals surface area contributed by atoms with Crippen LogP contribution in [0, 0.1) is 24.2 Å². The molecule has 0 saturated carbocycles. The molecule has 0 aliphatic rings. The highest BCUT2D eigenvalue weighted by atomic mass is 16.4. The molecular formula is C28H36BN5O5. The Morgan fingerprint density at radius 1 is 1.10 bits per heavy atom. The topological polar surface area (TPSA) is 164 Å². The Bertz CT molecular complexity index is 1180. The van der Waals surface area contributed by atoms with Crippen LogP contribution in [-0.2, 0) is 16.0 Å². The van der Waals surface area contributed by atoms with E-state index in [0.717, 1.165) is 5.56 Å². The molecule has 206 valence electrons. The molecule has 3 amide bonds. The molecule has 2 rings (SSSR count). The lowest BCUT2D eigenvalue weighted by Crippen LogP contribution is -2.54. The van der Waals surface area contributed by atoms with Crippen molar-refractivity contribution in [2.45, 2.75) is 58.4 Å². The van der Waals surface area contributed by atoms with Crippen LogP contribution in [0.3, 0.4) is 0 Å². The molecule has 0 bridgehead atoms. The Kier molecular flexibility index (Phi) is 12.9. The number of aryl methyl sites for hydroxylation is 1. The van der Waals surface area contributed by atoms with Crippen LogP contribution in [0.4, 0.5) is 0 Å². The van der Waals surface area contributed by atoms with Crippen LogP contribution in [0.2, 0.25) is 0 Å². The van der Waals surface area contributed by atoms with Crippen molar-refractivity contribution in [2.75, 3.05) is 6.54 Å². The minimum Gasteiger partial charge on any atom is -0.426 e. The maximum absolute atomic E-state index is 13.2. The molecule has 0 fully saturated rings. The van der Waals surface area contributed by atoms with Gasteiger partial charge < -0.3 is 26.0 Å². The van der Waals surface area contributed by atoms with Crippen molar-refractivity contribution in [3.63, 3.8) is 0 Å². The van der Waals surface area contributed by atoms with E-state index in [2.05, 4.69) is 20.9 Å². The van der Waals surface area contributed by atoms with Crippen molar-refractivity contribution in [2.24, 2.45) is 5.92 Å². The van der Waals surface area contributed by atoms with Gasteiger partial charge in [-0.2, -0.15) is 5.26 Å². The van der Waals surface area contributed by atoms with Crippen LogP contribution < -0.4 is 16.0 Å². The van der Waals surface area contributed by atoms with Crippen molar-refractivity contribution in [1.29, 1.82) is 5.26 Å². The normalized spacial score (nSPS) is 12.7. The summed E-state index contributed by atoms with van der Waals surface area (Å²) >= 11 is 0. The molecule has 0 saturated heterocycles. The summed E-state index contributed by atoms with van der Waals surface area (Å²) in [4.78, 5) is 42.4. The number of amides is 3. The van der Waals surface area contributed by atoms with Gasteiger partial charge in [0.05, 0.1) is 11.5 Å². The Morgan fingerprint density at radius 3 is 2.44 bits per heavy atom. The lowest BCUT2D eigenvalue weighted by atomic mass is 9.75. The number of benzene rings is 1. The fraction of sp³-hybridized carbons (Fsp3) is 0.393. The molecule has 2 atom stereocenters. The van der Waals surface area contributed by atoms with E-state index in [9.17, 15) is 29.7 Å². The summed E-state index contributed by atoms with van der Waals surface area (Å²) < 4.78 is 0. The van der Waals surface area contributed by atoms with Gasteiger partial charge in [0.2, 0.25) is 5.91 Å². The number of carbonyl (C=O) groups excluding carboxylic acids is 3. The van der Waals surface area contributed by atoms with E-state index in [1.165, 1.54) is 6.20 Å². The lowest BCUT2D eigenvalue weighted by molar-refractivity contribution is -0.123. The standard InChI is InChI=1S/C28H36BN5O5/c1-19(2)15-22(17-30)26(35)32-13-8-7-11-24(33-27(36)23-18-31-14-12-20(23)3)28(37)34-25(29(38)39)16-21-9-5-4-6-10-21/h4-6,9-10,12,14-15,18-19,24-25,38-39H,7-8,11,13,16H2,1-3H3,(H,32,35)(H,33,36)(H,34,37)/t24-,25-/m0/s1. The molecule has 1 heterocycles. The largest absolute Gasteiger partial charge is 0.475 e. The minimum absolute atomic E-state index is 0.0494. The Balaban J connectivity index is 2.06. The van der Waals surface area contributed by atoms with E-state index in [-0.39, 0.29) is 30.9 Å². The molecule has 1 aromatic heterocycles. The summed E-state index contributed by atoms with van der Waals surface area (Å²) in [6.45, 7) is 5.79. The van der Waals surface area contributed by atoms with Gasteiger partial charge >= 0.3 is 7.12 Å². The molecule has 10 nitrogen and oxygen atoms in total. The monoisotopic (exact) mass is 533 g/mol. The zero-order valence-electron chi connectivity index (χ0n) is 22.6. The Hall–Kier alpha value is -4.01. The second-order valence-corrected chi connectivity index (χ2v) is 9.62. The first kappa shape index (κ1) is 31.2. The number of unbranched alkanes of at least 4 members (excludes halogenated alkanes) is 1. The second-order valence-electron chi connectivity index (χ2n) is 9.62. The predicted octanol–water partition coefficient (Wildman–Crippen LogP) is 1.62. The lowest BCUT2D eigenvalue weighted by Gasteiger charge is -2.23. The van der Waals surface area contributed by atoms with E-state index in [1.54, 1.807) is 25.3 Å². The van der Waals surface area contributed by atoms with Crippen molar-refractivity contribution < 1.29 is 24.4 Å². The zero-order chi connectivity index (χ0) is 28.8. The molecule has 0 unspecified atom stereocenters. The number of hydrogen-bond acceptors (Lipinski definition) is 7. The first-order valence-corrected chi connectivity index (χ1v) is 12.9. The number of nitriles is 1. The molecule has 11 heteroatoms. The number of rotatable bonds is 14. The summed E-state index contributed by atoms with van der Waals surface area (Å²) in [5, 5.41) is 37.1. The summed E-state index contributed by atoms with van der Waals surface area (Å²) in [6.07, 6.45) is 5.95. The van der Waals surface area contributed by atoms with Crippen LogP contribution in [0.1, 0.15) is 54.6 Å². The van der Waals surface area contributed by atoms with Gasteiger partial charge in [-0.25, -0.2) is 0 Å². The predicted molar refractivity (Wildman–Crippen MR) is 148 cm³/mol. The molecule has 0 aliphatic carbocycles. The van der Waals surface area contributed by atoms with Crippen LogP contribution in [0.5, 0.6) is 0 Å². The maximum Gasteiger partial charge on any atom is 0.475 e. The SMILES string of the molecule is Cc1ccncc1C(=O)N[C@@H](CCCCNC(=O)C(C#N)=CC(C)C)C(=O)N[C@@H](Cc1ccccc1)B(O)O. The number of nitrogens with one attached hydrogen (secondary N) is 3. The minimum atomic E-state index is -1.81. The van der Waals surface area contributed by atoms with Gasteiger partial charge in [-0.3, -0.25) is 19.4 Å². The van der Waals surface area contributed by atoms with E-state index in [1.807, 2.05) is 50.2 Å². The fourth-order valence-electron chi connectivity index (χ4n) is 3.86. The van der Waals surface area contributed by atoms with Gasteiger partial charge in [-0.1, -0.05) is 50.3 Å². The highest BCUT2D eigenvalue weighted by Crippen LogP contribution is 2.10. The Labute approximate surface area is 229 Å². The second kappa shape index (κ2) is 16.1. The summed E-state index contributed by atoms with van der Waals surface area (Å²) in [6, 6.07) is 11.7. The number of carbonyl (C=O) groups is 3. The van der Waals surface area contributed by atoms with Gasteiger partial charge in [0.15, 0.2) is 0 Å². The molecule has 0 radical (unpaired) electrons. The molecule has 0 spiro atoms. The van der Waals surface area contributed by atoms with E-state index < -0.39 is 36.8 Å². The molecule has 2 aromatic rings. The molecule has 5 N–H and O–H groups in total. The maximum atomic E-state index is 13.2. The third-order valence-electron chi connectivity index (χ3n) is 5.96. The smallest absolute Gasteiger partial charge is 0.426 e. The number of pyridine rings is 1. The quantitative estimate of drug-likeness (QED) is 0.107. The van der Waals surface area contributed by atoms with Gasteiger partial charge in [-0.05, 0) is 55.7 Å². The number of nitrogens with zero attached hydrogens (tertiary/aromatic N) is 2. The van der Waals surface area contributed by atoms with Crippen LogP contribution >= 0.6 is 0 Å². The van der Waals surface area contributed by atoms with Crippen molar-refractivity contribution in [3.8, 4) is 6.07 Å². The molecule has 0 aliphatic heterocycles. The first-order valence-electron chi connectivity index (χ1n) is 12.9. The van der Waals surface area contributed by atoms with E-state index in [4.69, 9.17) is 0 Å². The van der Waals surface area contributed by atoms with Gasteiger partial charge in [0, 0.05) is 18.9 Å². The van der Waals surface area contributed by atoms with Crippen molar-refractivity contribution in [1.82, 2.24) is 20.9 Å². The first-order chi connectivity index (χ1) is 18.6. The highest BCUT2D eigenvalue weighted by Gasteiger charge is 2.30. The number of aromatic nitrogens is 1. The third kappa shape index (κ3) is 10.7.